The molecule has 33 heavy (non-hydrogen) atoms. The number of hydrogen-bond acceptors (Lipinski definition) is 2. The third-order valence-corrected chi connectivity index (χ3v) is 5.73. The van der Waals surface area contributed by atoms with Gasteiger partial charge in [0.15, 0.2) is 0 Å². The van der Waals surface area contributed by atoms with E-state index in [4.69, 9.17) is 0 Å². The molecular weight excluding hydrogens is 454 g/mol. The first kappa shape index (κ1) is 24.4. The van der Waals surface area contributed by atoms with Crippen LogP contribution in [0.1, 0.15) is 39.4 Å². The molecule has 0 aromatic heterocycles. The van der Waals surface area contributed by atoms with Crippen LogP contribution in [-0.4, -0.2) is 53.1 Å². The molecular formula is C22H20F6N2O3. The van der Waals surface area contributed by atoms with E-state index in [0.717, 1.165) is 4.90 Å². The number of nitrogens with zero attached hydrogens (tertiary/aromatic N) is 2. The summed E-state index contributed by atoms with van der Waals surface area (Å²) in [6.45, 7) is 0.0926. The van der Waals surface area contributed by atoms with Crippen molar-refractivity contribution in [3.05, 3.63) is 70.8 Å². The quantitative estimate of drug-likeness (QED) is 0.612. The zero-order valence-corrected chi connectivity index (χ0v) is 17.3. The number of benzene rings is 2. The van der Waals surface area contributed by atoms with Crippen LogP contribution >= 0.6 is 0 Å². The lowest BCUT2D eigenvalue weighted by atomic mass is 9.85. The summed E-state index contributed by atoms with van der Waals surface area (Å²) in [7, 11) is 1.30. The van der Waals surface area contributed by atoms with E-state index in [1.165, 1.54) is 11.9 Å². The number of rotatable bonds is 3. The van der Waals surface area contributed by atoms with E-state index in [9.17, 15) is 41.0 Å². The third kappa shape index (κ3) is 5.40. The average Bonchev–Trinajstić information content (AvgIpc) is 2.76. The first-order valence-electron chi connectivity index (χ1n) is 9.88. The van der Waals surface area contributed by atoms with Gasteiger partial charge in [-0.3, -0.25) is 4.79 Å². The number of halogens is 6. The van der Waals surface area contributed by atoms with Crippen molar-refractivity contribution in [2.24, 2.45) is 0 Å². The molecule has 0 saturated carbocycles. The number of alkyl halides is 6. The van der Waals surface area contributed by atoms with Crippen LogP contribution in [0.2, 0.25) is 0 Å². The minimum Gasteiger partial charge on any atom is -0.465 e. The van der Waals surface area contributed by atoms with E-state index in [1.807, 2.05) is 0 Å². The molecule has 1 saturated heterocycles. The smallest absolute Gasteiger partial charge is 0.416 e. The Hall–Kier alpha value is -3.24. The van der Waals surface area contributed by atoms with E-state index in [1.54, 1.807) is 30.3 Å². The number of carbonyl (C=O) groups excluding carboxylic acids is 1. The van der Waals surface area contributed by atoms with Gasteiger partial charge in [0.1, 0.15) is 0 Å². The molecule has 2 aromatic carbocycles. The molecule has 11 heteroatoms. The fourth-order valence-corrected chi connectivity index (χ4v) is 4.04. The molecule has 0 aliphatic carbocycles. The Bertz CT molecular complexity index is 991. The van der Waals surface area contributed by atoms with Crippen molar-refractivity contribution in [3.63, 3.8) is 0 Å². The van der Waals surface area contributed by atoms with E-state index in [0.29, 0.717) is 17.7 Å². The number of carboxylic acid groups (broad SMARTS) is 1. The van der Waals surface area contributed by atoms with Gasteiger partial charge in [0.2, 0.25) is 0 Å². The highest BCUT2D eigenvalue weighted by molar-refractivity contribution is 5.95. The lowest BCUT2D eigenvalue weighted by Crippen LogP contribution is -2.51. The zero-order valence-electron chi connectivity index (χ0n) is 17.3. The van der Waals surface area contributed by atoms with Gasteiger partial charge < -0.3 is 14.9 Å². The molecule has 0 unspecified atom stereocenters. The van der Waals surface area contributed by atoms with Crippen LogP contribution in [0.25, 0.3) is 0 Å². The van der Waals surface area contributed by atoms with Gasteiger partial charge in [-0.25, -0.2) is 4.79 Å². The van der Waals surface area contributed by atoms with Crippen LogP contribution in [0.5, 0.6) is 0 Å². The van der Waals surface area contributed by atoms with Gasteiger partial charge in [0.05, 0.1) is 11.1 Å². The normalized spacial score (nSPS) is 19.3. The highest BCUT2D eigenvalue weighted by Gasteiger charge is 2.40. The number of likely N-dealkylation sites (N-methyl/N-ethyl adjacent to an activating group) is 1. The van der Waals surface area contributed by atoms with Crippen LogP contribution < -0.4 is 0 Å². The topological polar surface area (TPSA) is 60.9 Å². The molecule has 1 fully saturated rings. The van der Waals surface area contributed by atoms with E-state index in [-0.39, 0.29) is 25.6 Å². The Morgan fingerprint density at radius 1 is 0.970 bits per heavy atom. The molecule has 3 rings (SSSR count). The molecule has 0 radical (unpaired) electrons. The number of carbonyl (C=O) groups is 2. The summed E-state index contributed by atoms with van der Waals surface area (Å²) in [6, 6.07) is 8.77. The lowest BCUT2D eigenvalue weighted by molar-refractivity contribution is -0.143. The Kier molecular flexibility index (Phi) is 6.62. The van der Waals surface area contributed by atoms with Crippen molar-refractivity contribution in [2.75, 3.05) is 20.1 Å². The van der Waals surface area contributed by atoms with Crippen LogP contribution in [0, 0.1) is 0 Å². The number of likely N-dealkylation sites (tertiary alicyclic amines) is 1. The maximum absolute atomic E-state index is 13.2. The first-order chi connectivity index (χ1) is 15.3. The van der Waals surface area contributed by atoms with Crippen molar-refractivity contribution in [3.8, 4) is 0 Å². The fourth-order valence-electron chi connectivity index (χ4n) is 4.04. The molecule has 1 aliphatic rings. The van der Waals surface area contributed by atoms with Crippen LogP contribution in [0.3, 0.4) is 0 Å². The van der Waals surface area contributed by atoms with Gasteiger partial charge in [-0.2, -0.15) is 26.3 Å². The van der Waals surface area contributed by atoms with Gasteiger partial charge in [-0.1, -0.05) is 30.3 Å². The monoisotopic (exact) mass is 474 g/mol. The Labute approximate surface area is 185 Å². The average molecular weight is 474 g/mol. The van der Waals surface area contributed by atoms with E-state index in [2.05, 4.69) is 0 Å². The molecule has 0 spiro atoms. The summed E-state index contributed by atoms with van der Waals surface area (Å²) in [5.74, 6) is -1.53. The van der Waals surface area contributed by atoms with Gasteiger partial charge >= 0.3 is 18.4 Å². The van der Waals surface area contributed by atoms with Crippen molar-refractivity contribution in [1.82, 2.24) is 9.80 Å². The molecule has 178 valence electrons. The van der Waals surface area contributed by atoms with E-state index >= 15 is 0 Å². The van der Waals surface area contributed by atoms with Crippen molar-refractivity contribution in [2.45, 2.75) is 30.7 Å². The molecule has 1 N–H and O–H groups in total. The fraction of sp³-hybridized carbons (Fsp3) is 0.364. The summed E-state index contributed by atoms with van der Waals surface area (Å²) in [5, 5.41) is 9.36. The first-order valence-corrected chi connectivity index (χ1v) is 9.88. The predicted octanol–water partition coefficient (Wildman–Crippen LogP) is 5.33. The third-order valence-electron chi connectivity index (χ3n) is 5.73. The minimum atomic E-state index is -5.08. The molecule has 2 atom stereocenters. The van der Waals surface area contributed by atoms with Gasteiger partial charge in [-0.05, 0) is 30.2 Å². The van der Waals surface area contributed by atoms with Gasteiger partial charge in [0.25, 0.3) is 5.91 Å². The lowest BCUT2D eigenvalue weighted by Gasteiger charge is -2.42. The predicted molar refractivity (Wildman–Crippen MR) is 106 cm³/mol. The Morgan fingerprint density at radius 2 is 1.52 bits per heavy atom. The molecule has 1 aliphatic heterocycles. The number of amides is 2. The van der Waals surface area contributed by atoms with Crippen LogP contribution in [0.15, 0.2) is 48.5 Å². The van der Waals surface area contributed by atoms with Crippen molar-refractivity contribution in [1.29, 1.82) is 0 Å². The Morgan fingerprint density at radius 3 is 2.00 bits per heavy atom. The second kappa shape index (κ2) is 8.95. The summed E-state index contributed by atoms with van der Waals surface area (Å²) in [5.41, 5.74) is -3.19. The van der Waals surface area contributed by atoms with Crippen molar-refractivity contribution >= 4 is 12.0 Å². The van der Waals surface area contributed by atoms with Crippen molar-refractivity contribution < 1.29 is 41.0 Å². The number of hydrogen-bond donors (Lipinski definition) is 1. The summed E-state index contributed by atoms with van der Waals surface area (Å²) in [4.78, 5) is 26.8. The maximum atomic E-state index is 13.2. The van der Waals surface area contributed by atoms with Gasteiger partial charge in [-0.15, -0.1) is 0 Å². The van der Waals surface area contributed by atoms with Crippen LogP contribution in [-0.2, 0) is 12.4 Å². The summed E-state index contributed by atoms with van der Waals surface area (Å²) >= 11 is 0. The maximum Gasteiger partial charge on any atom is 0.416 e. The van der Waals surface area contributed by atoms with Crippen LogP contribution in [0.4, 0.5) is 31.1 Å². The molecule has 5 nitrogen and oxygen atoms in total. The second-order valence-electron chi connectivity index (χ2n) is 7.81. The van der Waals surface area contributed by atoms with Gasteiger partial charge in [0, 0.05) is 37.7 Å². The molecule has 1 heterocycles. The summed E-state index contributed by atoms with van der Waals surface area (Å²) in [6.07, 6.45) is -11.1. The second-order valence-corrected chi connectivity index (χ2v) is 7.81. The largest absolute Gasteiger partial charge is 0.465 e. The van der Waals surface area contributed by atoms with E-state index < -0.39 is 53.0 Å². The SMILES string of the molecule is CN(C(=O)c1cc(C(F)(F)F)cc(C(F)(F)F)c1)[C@@H]1CCN(C(=O)O)C[C@H]1c1ccccc1. The zero-order chi connectivity index (χ0) is 24.6. The Balaban J connectivity index is 1.99. The number of piperidine rings is 1. The highest BCUT2D eigenvalue weighted by Crippen LogP contribution is 2.37. The highest BCUT2D eigenvalue weighted by atomic mass is 19.4. The minimum absolute atomic E-state index is 0.0258. The standard InChI is InChI=1S/C22H20F6N2O3/c1-29(18-7-8-30(20(32)33)12-17(18)13-5-3-2-4-6-13)19(31)14-9-15(21(23,24)25)11-16(10-14)22(26,27)28/h2-6,9-11,17-18H,7-8,12H2,1H3,(H,32,33)/t17-,18+/m0/s1. The summed E-state index contributed by atoms with van der Waals surface area (Å²) < 4.78 is 79.2. The molecule has 0 bridgehead atoms. The molecule has 2 amide bonds. The molecule has 2 aromatic rings.